The molecule has 0 aliphatic rings. The molecule has 15 heavy (non-hydrogen) atoms. The van der Waals surface area contributed by atoms with Crippen LogP contribution in [-0.4, -0.2) is 16.4 Å². The summed E-state index contributed by atoms with van der Waals surface area (Å²) >= 11 is 2.65. The number of thiophene rings is 1. The number of rotatable bonds is 4. The van der Waals surface area contributed by atoms with Crippen molar-refractivity contribution in [3.05, 3.63) is 22.2 Å². The maximum Gasteiger partial charge on any atom is 0.254 e. The van der Waals surface area contributed by atoms with Gasteiger partial charge in [0.2, 0.25) is 0 Å². The Kier molecular flexibility index (Phi) is 3.98. The number of nitro groups is 1. The van der Waals surface area contributed by atoms with Gasteiger partial charge >= 0.3 is 0 Å². The highest BCUT2D eigenvalue weighted by molar-refractivity contribution is 8.01. The first kappa shape index (κ1) is 12.3. The van der Waals surface area contributed by atoms with Gasteiger partial charge in [-0.1, -0.05) is 11.3 Å². The van der Waals surface area contributed by atoms with Crippen LogP contribution in [0.15, 0.2) is 16.3 Å². The summed E-state index contributed by atoms with van der Waals surface area (Å²) in [5.74, 6) is -0.102. The van der Waals surface area contributed by atoms with E-state index in [1.165, 1.54) is 23.1 Å². The lowest BCUT2D eigenvalue weighted by Gasteiger charge is -2.19. The number of hydrogen-bond acceptors (Lipinski definition) is 5. The minimum Gasteiger partial charge on any atom is -0.479 e. The van der Waals surface area contributed by atoms with Crippen molar-refractivity contribution in [2.24, 2.45) is 0 Å². The zero-order valence-electron chi connectivity index (χ0n) is 8.85. The van der Waals surface area contributed by atoms with E-state index < -0.39 is 0 Å². The van der Waals surface area contributed by atoms with Gasteiger partial charge in [0.1, 0.15) is 5.60 Å². The van der Waals surface area contributed by atoms with Gasteiger partial charge in [0, 0.05) is 4.92 Å². The fourth-order valence-electron chi connectivity index (χ4n) is 0.854. The van der Waals surface area contributed by atoms with Crippen LogP contribution in [0.2, 0.25) is 0 Å². The molecule has 84 valence electrons. The van der Waals surface area contributed by atoms with Crippen LogP contribution < -0.4 is 4.74 Å². The molecule has 0 saturated heterocycles. The lowest BCUT2D eigenvalue weighted by atomic mass is 10.2. The van der Waals surface area contributed by atoms with Gasteiger partial charge in [-0.25, -0.2) is 0 Å². The molecule has 1 aromatic rings. The minimum atomic E-state index is -0.339. The maximum absolute atomic E-state index is 10.2. The summed E-state index contributed by atoms with van der Waals surface area (Å²) in [6.07, 6.45) is 0. The molecule has 4 nitrogen and oxygen atoms in total. The fourth-order valence-corrected chi connectivity index (χ4v) is 2.65. The summed E-state index contributed by atoms with van der Waals surface area (Å²) in [6, 6.07) is 3.69. The molecule has 0 spiro atoms. The molecule has 0 aliphatic heterocycles. The normalized spacial score (nSPS) is 11.4. The fraction of sp³-hybridized carbons (Fsp3) is 0.556. The summed E-state index contributed by atoms with van der Waals surface area (Å²) in [5.41, 5.74) is -0.226. The molecule has 0 fully saturated rings. The second kappa shape index (κ2) is 4.85. The van der Waals surface area contributed by atoms with Crippen LogP contribution in [0.3, 0.4) is 0 Å². The first-order valence-electron chi connectivity index (χ1n) is 4.40. The maximum atomic E-state index is 10.2. The third kappa shape index (κ3) is 5.03. The molecule has 1 aromatic heterocycles. The van der Waals surface area contributed by atoms with Crippen molar-refractivity contribution in [1.82, 2.24) is 0 Å². The number of hydrogen-bond donors (Lipinski definition) is 0. The smallest absolute Gasteiger partial charge is 0.254 e. The lowest BCUT2D eigenvalue weighted by Crippen LogP contribution is -2.22. The van der Waals surface area contributed by atoms with E-state index in [4.69, 9.17) is 4.74 Å². The minimum absolute atomic E-state index is 0.102. The van der Waals surface area contributed by atoms with Crippen LogP contribution in [0.1, 0.15) is 20.8 Å². The Labute approximate surface area is 96.8 Å². The molecule has 6 heteroatoms. The molecule has 0 saturated carbocycles. The molecule has 0 bridgehead atoms. The highest BCUT2D eigenvalue weighted by atomic mass is 32.2. The topological polar surface area (TPSA) is 52.4 Å². The van der Waals surface area contributed by atoms with Gasteiger partial charge in [0.15, 0.2) is 5.06 Å². The molecule has 1 heterocycles. The van der Waals surface area contributed by atoms with Gasteiger partial charge in [-0.15, -0.1) is 0 Å². The Balaban J connectivity index is 2.53. The van der Waals surface area contributed by atoms with Gasteiger partial charge in [0.25, 0.3) is 5.88 Å². The Hall–Kier alpha value is -0.750. The Morgan fingerprint density at radius 3 is 2.73 bits per heavy atom. The third-order valence-electron chi connectivity index (χ3n) is 1.28. The van der Waals surface area contributed by atoms with E-state index in [-0.39, 0.29) is 16.4 Å². The highest BCUT2D eigenvalue weighted by Crippen LogP contribution is 2.34. The molecular formula is C9H13NO3S2. The predicted octanol–water partition coefficient (Wildman–Crippen LogP) is 3.25. The Morgan fingerprint density at radius 1 is 1.53 bits per heavy atom. The van der Waals surface area contributed by atoms with Crippen LogP contribution >= 0.6 is 23.1 Å². The molecule has 0 radical (unpaired) electrons. The quantitative estimate of drug-likeness (QED) is 0.355. The van der Waals surface area contributed by atoms with Crippen LogP contribution in [-0.2, 0) is 0 Å². The number of nitrogens with zero attached hydrogens (tertiary/aromatic N) is 1. The van der Waals surface area contributed by atoms with Crippen molar-refractivity contribution >= 4 is 23.1 Å². The molecule has 0 aromatic carbocycles. The molecule has 0 amide bonds. The van der Waals surface area contributed by atoms with E-state index >= 15 is 0 Å². The second-order valence-electron chi connectivity index (χ2n) is 3.89. The zero-order valence-corrected chi connectivity index (χ0v) is 10.5. The largest absolute Gasteiger partial charge is 0.479 e. The molecule has 0 aliphatic carbocycles. The van der Waals surface area contributed by atoms with Crippen LogP contribution in [0.4, 0.5) is 0 Å². The van der Waals surface area contributed by atoms with E-state index in [0.717, 1.165) is 9.27 Å². The van der Waals surface area contributed by atoms with Gasteiger partial charge < -0.3 is 4.74 Å². The van der Waals surface area contributed by atoms with Gasteiger partial charge in [-0.2, -0.15) is 0 Å². The van der Waals surface area contributed by atoms with Crippen molar-refractivity contribution in [1.29, 1.82) is 0 Å². The van der Waals surface area contributed by atoms with E-state index in [2.05, 4.69) is 0 Å². The third-order valence-corrected chi connectivity index (χ3v) is 3.40. The summed E-state index contributed by atoms with van der Waals surface area (Å²) in [6.45, 7) is 5.91. The monoisotopic (exact) mass is 247 g/mol. The van der Waals surface area contributed by atoms with Crippen molar-refractivity contribution < 1.29 is 9.66 Å². The van der Waals surface area contributed by atoms with Crippen molar-refractivity contribution in [3.63, 3.8) is 0 Å². The Morgan fingerprint density at radius 2 is 2.20 bits per heavy atom. The molecule has 0 unspecified atom stereocenters. The first-order valence-corrected chi connectivity index (χ1v) is 6.20. The molecule has 0 atom stereocenters. The SMILES string of the molecule is CC(C)(C)Oc1ccc(SC[N+](=O)[O-])s1. The van der Waals surface area contributed by atoms with Crippen LogP contribution in [0.25, 0.3) is 0 Å². The summed E-state index contributed by atoms with van der Waals surface area (Å²) in [5, 5.41) is 11.0. The average Bonchev–Trinajstić information content (AvgIpc) is 2.45. The average molecular weight is 247 g/mol. The standard InChI is InChI=1S/C9H13NO3S2/c1-9(2,3)13-7-4-5-8(15-7)14-6-10(11)12/h4-5H,6H2,1-3H3. The van der Waals surface area contributed by atoms with Gasteiger partial charge in [-0.3, -0.25) is 10.1 Å². The van der Waals surface area contributed by atoms with Crippen molar-refractivity contribution in [2.45, 2.75) is 30.6 Å². The predicted molar refractivity (Wildman–Crippen MR) is 62.4 cm³/mol. The van der Waals surface area contributed by atoms with Crippen LogP contribution in [0, 0.1) is 10.1 Å². The van der Waals surface area contributed by atoms with Crippen LogP contribution in [0.5, 0.6) is 5.06 Å². The van der Waals surface area contributed by atoms with E-state index in [1.54, 1.807) is 0 Å². The van der Waals surface area contributed by atoms with E-state index in [0.29, 0.717) is 0 Å². The van der Waals surface area contributed by atoms with Gasteiger partial charge in [-0.05, 0) is 44.7 Å². The van der Waals surface area contributed by atoms with Gasteiger partial charge in [0.05, 0.1) is 4.21 Å². The molecular weight excluding hydrogens is 234 g/mol. The second-order valence-corrected chi connectivity index (χ2v) is 6.19. The number of ether oxygens (including phenoxy) is 1. The van der Waals surface area contributed by atoms with Crippen molar-refractivity contribution in [2.75, 3.05) is 5.88 Å². The summed E-state index contributed by atoms with van der Waals surface area (Å²) in [4.78, 5) is 9.83. The van der Waals surface area contributed by atoms with E-state index in [9.17, 15) is 10.1 Å². The van der Waals surface area contributed by atoms with Crippen molar-refractivity contribution in [3.8, 4) is 5.06 Å². The highest BCUT2D eigenvalue weighted by Gasteiger charge is 2.13. The Bertz CT molecular complexity index is 343. The first-order chi connectivity index (χ1) is 6.87. The zero-order chi connectivity index (χ0) is 11.5. The summed E-state index contributed by atoms with van der Waals surface area (Å²) < 4.78 is 6.53. The lowest BCUT2D eigenvalue weighted by molar-refractivity contribution is -0.456. The number of thioether (sulfide) groups is 1. The van der Waals surface area contributed by atoms with E-state index in [1.807, 2.05) is 32.9 Å². The molecule has 1 rings (SSSR count). The summed E-state index contributed by atoms with van der Waals surface area (Å²) in [7, 11) is 0. The molecule has 0 N–H and O–H groups in total.